The van der Waals surface area contributed by atoms with E-state index >= 15 is 0 Å². The Morgan fingerprint density at radius 1 is 1.41 bits per heavy atom. The molecule has 3 N–H and O–H groups in total. The highest BCUT2D eigenvalue weighted by atomic mass is 16.6. The Labute approximate surface area is 101 Å². The summed E-state index contributed by atoms with van der Waals surface area (Å²) < 4.78 is 5.03. The zero-order valence-corrected chi connectivity index (χ0v) is 9.95. The first-order valence-corrected chi connectivity index (χ1v) is 5.97. The molecule has 0 bridgehead atoms. The monoisotopic (exact) mass is 244 g/mol. The van der Waals surface area contributed by atoms with Crippen molar-refractivity contribution in [2.45, 2.75) is 57.0 Å². The number of aliphatic hydroxyl groups excluding tert-OH is 3. The van der Waals surface area contributed by atoms with Crippen molar-refractivity contribution in [1.82, 2.24) is 0 Å². The van der Waals surface area contributed by atoms with Gasteiger partial charge in [-0.1, -0.05) is 25.5 Å². The average Bonchev–Trinajstić information content (AvgIpc) is 2.31. The van der Waals surface area contributed by atoms with E-state index in [1.807, 2.05) is 6.92 Å². The van der Waals surface area contributed by atoms with Gasteiger partial charge < -0.3 is 20.1 Å². The Hall–Kier alpha value is -0.910. The van der Waals surface area contributed by atoms with Gasteiger partial charge in [-0.3, -0.25) is 0 Å². The Kier molecular flexibility index (Phi) is 5.61. The van der Waals surface area contributed by atoms with Gasteiger partial charge in [-0.2, -0.15) is 0 Å². The quantitative estimate of drug-likeness (QED) is 0.475. The van der Waals surface area contributed by atoms with Crippen LogP contribution < -0.4 is 0 Å². The number of rotatable bonds is 2. The van der Waals surface area contributed by atoms with Crippen LogP contribution in [0.4, 0.5) is 0 Å². The second-order valence-corrected chi connectivity index (χ2v) is 4.27. The van der Waals surface area contributed by atoms with Crippen LogP contribution in [0.2, 0.25) is 0 Å². The third kappa shape index (κ3) is 4.11. The van der Waals surface area contributed by atoms with E-state index in [1.54, 1.807) is 6.08 Å². The Balaban J connectivity index is 2.80. The van der Waals surface area contributed by atoms with E-state index in [-0.39, 0.29) is 6.42 Å². The topological polar surface area (TPSA) is 87.0 Å². The molecule has 1 aliphatic rings. The number of esters is 1. The standard InChI is InChI=1S/C12H20O5/c1-2-5-10-11(15)8(13)6-3-4-7-9(14)12(16)17-10/h3,6,8-11,13-15H,2,4-5,7H2,1H3/t8-,9+,10+,11-/m0/s1. The first-order valence-electron chi connectivity index (χ1n) is 5.97. The van der Waals surface area contributed by atoms with Gasteiger partial charge in [-0.15, -0.1) is 0 Å². The lowest BCUT2D eigenvalue weighted by atomic mass is 10.0. The summed E-state index contributed by atoms with van der Waals surface area (Å²) in [5.41, 5.74) is 0. The van der Waals surface area contributed by atoms with Crippen LogP contribution in [0, 0.1) is 0 Å². The van der Waals surface area contributed by atoms with Crippen molar-refractivity contribution >= 4 is 5.97 Å². The molecular formula is C12H20O5. The first-order chi connectivity index (χ1) is 8.06. The van der Waals surface area contributed by atoms with Crippen LogP contribution in [0.25, 0.3) is 0 Å². The second-order valence-electron chi connectivity index (χ2n) is 4.27. The van der Waals surface area contributed by atoms with Crippen molar-refractivity contribution in [3.8, 4) is 0 Å². The molecule has 1 aliphatic heterocycles. The highest BCUT2D eigenvalue weighted by molar-refractivity contribution is 5.74. The van der Waals surface area contributed by atoms with Gasteiger partial charge >= 0.3 is 5.97 Å². The molecule has 0 aromatic carbocycles. The summed E-state index contributed by atoms with van der Waals surface area (Å²) in [4.78, 5) is 11.5. The Morgan fingerprint density at radius 3 is 2.76 bits per heavy atom. The van der Waals surface area contributed by atoms with Gasteiger partial charge in [0.2, 0.25) is 0 Å². The van der Waals surface area contributed by atoms with E-state index in [2.05, 4.69) is 0 Å². The third-order valence-corrected chi connectivity index (χ3v) is 2.78. The molecule has 0 aromatic heterocycles. The summed E-state index contributed by atoms with van der Waals surface area (Å²) in [7, 11) is 0. The highest BCUT2D eigenvalue weighted by Crippen LogP contribution is 2.16. The van der Waals surface area contributed by atoms with Crippen LogP contribution >= 0.6 is 0 Å². The van der Waals surface area contributed by atoms with Gasteiger partial charge in [-0.05, 0) is 19.3 Å². The van der Waals surface area contributed by atoms with E-state index in [9.17, 15) is 20.1 Å². The molecule has 0 unspecified atom stereocenters. The van der Waals surface area contributed by atoms with Crippen LogP contribution in [0.3, 0.4) is 0 Å². The van der Waals surface area contributed by atoms with E-state index < -0.39 is 30.4 Å². The number of ether oxygens (including phenoxy) is 1. The van der Waals surface area contributed by atoms with Crippen LogP contribution in [-0.2, 0) is 9.53 Å². The summed E-state index contributed by atoms with van der Waals surface area (Å²) in [6, 6.07) is 0. The fourth-order valence-electron chi connectivity index (χ4n) is 1.75. The lowest BCUT2D eigenvalue weighted by Crippen LogP contribution is -2.41. The number of carbonyl (C=O) groups is 1. The maximum absolute atomic E-state index is 11.5. The fourth-order valence-corrected chi connectivity index (χ4v) is 1.75. The molecule has 5 nitrogen and oxygen atoms in total. The molecule has 0 amide bonds. The van der Waals surface area contributed by atoms with Gasteiger partial charge in [0.25, 0.3) is 0 Å². The Morgan fingerprint density at radius 2 is 2.12 bits per heavy atom. The molecule has 1 heterocycles. The van der Waals surface area contributed by atoms with Crippen molar-refractivity contribution in [2.24, 2.45) is 0 Å². The summed E-state index contributed by atoms with van der Waals surface area (Å²) in [5.74, 6) is -0.731. The summed E-state index contributed by atoms with van der Waals surface area (Å²) in [5, 5.41) is 29.0. The molecule has 0 saturated heterocycles. The first kappa shape index (κ1) is 14.2. The zero-order valence-electron chi connectivity index (χ0n) is 9.95. The van der Waals surface area contributed by atoms with Gasteiger partial charge in [0.15, 0.2) is 6.10 Å². The fraction of sp³-hybridized carbons (Fsp3) is 0.750. The summed E-state index contributed by atoms with van der Waals surface area (Å²) in [6.45, 7) is 1.89. The van der Waals surface area contributed by atoms with Crippen molar-refractivity contribution in [1.29, 1.82) is 0 Å². The number of carbonyl (C=O) groups excluding carboxylic acids is 1. The molecular weight excluding hydrogens is 224 g/mol. The molecule has 0 saturated carbocycles. The van der Waals surface area contributed by atoms with E-state index in [1.165, 1.54) is 6.08 Å². The van der Waals surface area contributed by atoms with Gasteiger partial charge in [-0.25, -0.2) is 4.79 Å². The zero-order chi connectivity index (χ0) is 12.8. The largest absolute Gasteiger partial charge is 0.458 e. The molecule has 5 heteroatoms. The molecule has 0 fully saturated rings. The third-order valence-electron chi connectivity index (χ3n) is 2.78. The Bertz CT molecular complexity index is 276. The van der Waals surface area contributed by atoms with E-state index in [0.717, 1.165) is 0 Å². The lowest BCUT2D eigenvalue weighted by Gasteiger charge is -2.27. The number of hydrogen-bond donors (Lipinski definition) is 3. The molecule has 17 heavy (non-hydrogen) atoms. The molecule has 0 aromatic rings. The van der Waals surface area contributed by atoms with Gasteiger partial charge in [0.1, 0.15) is 18.3 Å². The molecule has 98 valence electrons. The second kappa shape index (κ2) is 6.74. The summed E-state index contributed by atoms with van der Waals surface area (Å²) in [6.07, 6.45) is 0.857. The van der Waals surface area contributed by atoms with Crippen LogP contribution in [-0.4, -0.2) is 45.7 Å². The molecule has 1 rings (SSSR count). The predicted molar refractivity (Wildman–Crippen MR) is 61.2 cm³/mol. The molecule has 4 atom stereocenters. The normalized spacial score (nSPS) is 35.4. The van der Waals surface area contributed by atoms with E-state index in [4.69, 9.17) is 4.74 Å². The number of allylic oxidation sites excluding steroid dienone is 1. The summed E-state index contributed by atoms with van der Waals surface area (Å²) >= 11 is 0. The number of hydrogen-bond acceptors (Lipinski definition) is 5. The molecule has 0 aliphatic carbocycles. The van der Waals surface area contributed by atoms with Crippen molar-refractivity contribution in [2.75, 3.05) is 0 Å². The van der Waals surface area contributed by atoms with Crippen molar-refractivity contribution in [3.05, 3.63) is 12.2 Å². The minimum Gasteiger partial charge on any atom is -0.458 e. The number of cyclic esters (lactones) is 1. The van der Waals surface area contributed by atoms with Crippen LogP contribution in [0.1, 0.15) is 32.6 Å². The SMILES string of the molecule is CCC[C@H]1OC(=O)[C@H](O)CCC=C[C@H](O)[C@@H]1O. The van der Waals surface area contributed by atoms with Gasteiger partial charge in [0.05, 0.1) is 0 Å². The minimum absolute atomic E-state index is 0.261. The number of aliphatic hydroxyl groups is 3. The maximum Gasteiger partial charge on any atom is 0.335 e. The minimum atomic E-state index is -1.17. The average molecular weight is 244 g/mol. The lowest BCUT2D eigenvalue weighted by molar-refractivity contribution is -0.169. The predicted octanol–water partition coefficient (Wildman–Crippen LogP) is 0.131. The highest BCUT2D eigenvalue weighted by Gasteiger charge is 2.30. The molecule has 0 radical (unpaired) electrons. The van der Waals surface area contributed by atoms with Crippen molar-refractivity contribution in [3.63, 3.8) is 0 Å². The van der Waals surface area contributed by atoms with E-state index in [0.29, 0.717) is 19.3 Å². The molecule has 0 spiro atoms. The van der Waals surface area contributed by atoms with Gasteiger partial charge in [0, 0.05) is 0 Å². The van der Waals surface area contributed by atoms with Crippen molar-refractivity contribution < 1.29 is 24.9 Å². The van der Waals surface area contributed by atoms with Crippen LogP contribution in [0.5, 0.6) is 0 Å². The smallest absolute Gasteiger partial charge is 0.335 e. The van der Waals surface area contributed by atoms with Crippen LogP contribution in [0.15, 0.2) is 12.2 Å². The maximum atomic E-state index is 11.5.